The molecule has 6 rings (SSSR count). The summed E-state index contributed by atoms with van der Waals surface area (Å²) < 4.78 is 14.4. The molecule has 0 radical (unpaired) electrons. The summed E-state index contributed by atoms with van der Waals surface area (Å²) in [4.78, 5) is 24.5. The molecule has 2 aliphatic heterocycles. The van der Waals surface area contributed by atoms with Crippen LogP contribution in [0.5, 0.6) is 0 Å². The van der Waals surface area contributed by atoms with E-state index in [9.17, 15) is 9.18 Å². The number of hydrogen-bond donors (Lipinski definition) is 5. The quantitative estimate of drug-likeness (QED) is 0.328. The molecular formula is C25H25FN6O. The van der Waals surface area contributed by atoms with Crippen LogP contribution < -0.4 is 16.0 Å². The van der Waals surface area contributed by atoms with Crippen molar-refractivity contribution in [1.82, 2.24) is 25.6 Å². The van der Waals surface area contributed by atoms with Crippen LogP contribution in [-0.4, -0.2) is 40.5 Å². The molecule has 1 spiro atoms. The van der Waals surface area contributed by atoms with Crippen molar-refractivity contribution in [3.63, 3.8) is 0 Å². The number of carbonyl (C=O) groups excluding carboxylic acids is 1. The molecule has 1 amide bonds. The predicted octanol–water partition coefficient (Wildman–Crippen LogP) is 4.11. The molecule has 7 nitrogen and oxygen atoms in total. The molecule has 0 bridgehead atoms. The highest BCUT2D eigenvalue weighted by Gasteiger charge is 2.44. The van der Waals surface area contributed by atoms with Crippen LogP contribution in [0.25, 0.3) is 22.3 Å². The van der Waals surface area contributed by atoms with Gasteiger partial charge in [-0.25, -0.2) is 9.37 Å². The lowest BCUT2D eigenvalue weighted by atomic mass is 9.74. The lowest BCUT2D eigenvalue weighted by Crippen LogP contribution is -2.54. The van der Waals surface area contributed by atoms with Gasteiger partial charge in [-0.3, -0.25) is 4.79 Å². The number of aromatic amines is 2. The second-order valence-electron chi connectivity index (χ2n) is 9.00. The minimum Gasteiger partial charge on any atom is -0.355 e. The number of aromatic nitrogens is 3. The van der Waals surface area contributed by atoms with Crippen molar-refractivity contribution >= 4 is 28.3 Å². The third-order valence-electron chi connectivity index (χ3n) is 7.07. The molecule has 33 heavy (non-hydrogen) atoms. The van der Waals surface area contributed by atoms with Crippen molar-refractivity contribution in [2.24, 2.45) is 0 Å². The number of hydrogen-bond acceptors (Lipinski definition) is 4. The summed E-state index contributed by atoms with van der Waals surface area (Å²) in [5, 5.41) is 11.0. The van der Waals surface area contributed by atoms with Crippen LogP contribution in [0, 0.1) is 12.7 Å². The smallest absolute Gasteiger partial charge is 0.255 e. The van der Waals surface area contributed by atoms with E-state index < -0.39 is 0 Å². The number of anilines is 2. The maximum absolute atomic E-state index is 14.4. The molecule has 0 saturated carbocycles. The first-order valence-corrected chi connectivity index (χ1v) is 11.3. The van der Waals surface area contributed by atoms with Gasteiger partial charge in [0.25, 0.3) is 5.91 Å². The standard InChI is InChI=1S/C25H25FN6O/c1-14-17(26)4-2-5-18(14)31-21-19-22(25(13-30-24(19)33)8-3-9-27-12-25)32-20(21)15-6-10-28-23-16(15)7-11-29-23/h2,4-7,10-11,27,31-32H,3,8-9,12-13H2,1H3,(H,28,29)(H,30,33)/t25-/m0/s1. The van der Waals surface area contributed by atoms with Crippen molar-refractivity contribution in [3.05, 3.63) is 65.4 Å². The summed E-state index contributed by atoms with van der Waals surface area (Å²) in [6, 6.07) is 8.87. The van der Waals surface area contributed by atoms with Gasteiger partial charge in [0.05, 0.1) is 16.9 Å². The van der Waals surface area contributed by atoms with Crippen LogP contribution in [0.2, 0.25) is 0 Å². The van der Waals surface area contributed by atoms with Gasteiger partial charge in [-0.1, -0.05) is 6.07 Å². The molecular weight excluding hydrogens is 419 g/mol. The first-order valence-electron chi connectivity index (χ1n) is 11.3. The number of fused-ring (bicyclic) bond motifs is 3. The Balaban J connectivity index is 1.62. The molecule has 5 heterocycles. The number of carbonyl (C=O) groups is 1. The van der Waals surface area contributed by atoms with Crippen molar-refractivity contribution in [1.29, 1.82) is 0 Å². The van der Waals surface area contributed by atoms with E-state index in [1.807, 2.05) is 24.4 Å². The van der Waals surface area contributed by atoms with E-state index >= 15 is 0 Å². The Labute approximate surface area is 190 Å². The second kappa shape index (κ2) is 7.45. The van der Waals surface area contributed by atoms with Gasteiger partial charge >= 0.3 is 0 Å². The largest absolute Gasteiger partial charge is 0.355 e. The van der Waals surface area contributed by atoms with Gasteiger partial charge < -0.3 is 25.9 Å². The lowest BCUT2D eigenvalue weighted by Gasteiger charge is -2.40. The summed E-state index contributed by atoms with van der Waals surface area (Å²) in [5.41, 5.74) is 5.63. The zero-order valence-corrected chi connectivity index (χ0v) is 18.3. The van der Waals surface area contributed by atoms with Crippen LogP contribution in [0.1, 0.15) is 34.5 Å². The molecule has 4 aromatic rings. The van der Waals surface area contributed by atoms with E-state index in [1.54, 1.807) is 19.2 Å². The van der Waals surface area contributed by atoms with Crippen molar-refractivity contribution in [2.45, 2.75) is 25.2 Å². The molecule has 8 heteroatoms. The highest BCUT2D eigenvalue weighted by Crippen LogP contribution is 2.45. The summed E-state index contributed by atoms with van der Waals surface area (Å²) >= 11 is 0. The Kier molecular flexibility index (Phi) is 4.51. The van der Waals surface area contributed by atoms with Crippen LogP contribution in [0.3, 0.4) is 0 Å². The number of rotatable bonds is 3. The van der Waals surface area contributed by atoms with Gasteiger partial charge in [-0.15, -0.1) is 0 Å². The zero-order valence-electron chi connectivity index (χ0n) is 18.3. The number of H-pyrrole nitrogens is 2. The zero-order chi connectivity index (χ0) is 22.6. The minimum atomic E-state index is -0.291. The minimum absolute atomic E-state index is 0.125. The number of piperidine rings is 1. The Hall–Kier alpha value is -3.65. The molecule has 2 aliphatic rings. The number of benzene rings is 1. The average Bonchev–Trinajstić information content (AvgIpc) is 3.46. The Morgan fingerprint density at radius 2 is 2.09 bits per heavy atom. The summed E-state index contributed by atoms with van der Waals surface area (Å²) in [5.74, 6) is -0.417. The van der Waals surface area contributed by atoms with Crippen LogP contribution >= 0.6 is 0 Å². The highest BCUT2D eigenvalue weighted by molar-refractivity contribution is 6.09. The molecule has 3 aromatic heterocycles. The van der Waals surface area contributed by atoms with Crippen LogP contribution in [0.4, 0.5) is 15.8 Å². The van der Waals surface area contributed by atoms with Gasteiger partial charge in [0, 0.05) is 58.8 Å². The number of nitrogens with one attached hydrogen (secondary N) is 5. The molecule has 1 saturated heterocycles. The van der Waals surface area contributed by atoms with Crippen LogP contribution in [0.15, 0.2) is 42.7 Å². The summed E-state index contributed by atoms with van der Waals surface area (Å²) in [6.07, 6.45) is 5.62. The fourth-order valence-electron chi connectivity index (χ4n) is 5.27. The number of pyridine rings is 1. The molecule has 5 N–H and O–H groups in total. The topological polar surface area (TPSA) is 97.6 Å². The second-order valence-corrected chi connectivity index (χ2v) is 9.00. The Morgan fingerprint density at radius 3 is 2.94 bits per heavy atom. The van der Waals surface area contributed by atoms with Crippen molar-refractivity contribution < 1.29 is 9.18 Å². The fraction of sp³-hybridized carbons (Fsp3) is 0.280. The van der Waals surface area contributed by atoms with Crippen molar-refractivity contribution in [3.8, 4) is 11.3 Å². The lowest BCUT2D eigenvalue weighted by molar-refractivity contribution is 0.0916. The average molecular weight is 445 g/mol. The van der Waals surface area contributed by atoms with Crippen LogP contribution in [-0.2, 0) is 5.41 Å². The highest BCUT2D eigenvalue weighted by atomic mass is 19.1. The summed E-state index contributed by atoms with van der Waals surface area (Å²) in [6.45, 7) is 4.08. The van der Waals surface area contributed by atoms with Gasteiger partial charge in [-0.2, -0.15) is 0 Å². The fourth-order valence-corrected chi connectivity index (χ4v) is 5.27. The molecule has 1 fully saturated rings. The molecule has 168 valence electrons. The maximum Gasteiger partial charge on any atom is 0.255 e. The van der Waals surface area contributed by atoms with Gasteiger partial charge in [0.2, 0.25) is 0 Å². The first-order chi connectivity index (χ1) is 16.1. The maximum atomic E-state index is 14.4. The van der Waals surface area contributed by atoms with Crippen molar-refractivity contribution in [2.75, 3.05) is 25.0 Å². The molecule has 1 aromatic carbocycles. The van der Waals surface area contributed by atoms with Gasteiger partial charge in [0.15, 0.2) is 0 Å². The SMILES string of the molecule is Cc1c(F)cccc1Nc1c(-c2ccnc3[nH]ccc23)[nH]c2c1C(=O)NC[C@@]21CCCNC1. The number of nitrogens with zero attached hydrogens (tertiary/aromatic N) is 1. The first kappa shape index (κ1) is 20.0. The molecule has 1 atom stereocenters. The Bertz CT molecular complexity index is 1380. The third-order valence-corrected chi connectivity index (χ3v) is 7.07. The normalized spacial score (nSPS) is 20.1. The molecule has 0 unspecified atom stereocenters. The number of halogens is 1. The predicted molar refractivity (Wildman–Crippen MR) is 126 cm³/mol. The van der Waals surface area contributed by atoms with E-state index in [0.29, 0.717) is 29.0 Å². The molecule has 0 aliphatic carbocycles. The van der Waals surface area contributed by atoms with E-state index in [-0.39, 0.29) is 17.1 Å². The monoisotopic (exact) mass is 444 g/mol. The Morgan fingerprint density at radius 1 is 1.18 bits per heavy atom. The number of amides is 1. The van der Waals surface area contributed by atoms with E-state index in [2.05, 4.69) is 30.9 Å². The van der Waals surface area contributed by atoms with E-state index in [0.717, 1.165) is 53.9 Å². The van der Waals surface area contributed by atoms with E-state index in [4.69, 9.17) is 0 Å². The van der Waals surface area contributed by atoms with E-state index in [1.165, 1.54) is 6.07 Å². The van der Waals surface area contributed by atoms with Gasteiger partial charge in [0.1, 0.15) is 11.5 Å². The third kappa shape index (κ3) is 3.05. The summed E-state index contributed by atoms with van der Waals surface area (Å²) in [7, 11) is 0. The van der Waals surface area contributed by atoms with Gasteiger partial charge in [-0.05, 0) is 50.6 Å².